The van der Waals surface area contributed by atoms with E-state index in [-0.39, 0.29) is 25.7 Å². The summed E-state index contributed by atoms with van der Waals surface area (Å²) in [5.41, 5.74) is 0. The Labute approximate surface area is 575 Å². The van der Waals surface area contributed by atoms with Gasteiger partial charge < -0.3 is 33.8 Å². The van der Waals surface area contributed by atoms with Crippen LogP contribution in [0, 0.1) is 23.7 Å². The van der Waals surface area contributed by atoms with Crippen molar-refractivity contribution in [2.24, 2.45) is 23.7 Å². The van der Waals surface area contributed by atoms with Crippen molar-refractivity contribution >= 4 is 39.5 Å². The van der Waals surface area contributed by atoms with E-state index in [4.69, 9.17) is 37.0 Å². The Morgan fingerprint density at radius 3 is 0.755 bits per heavy atom. The van der Waals surface area contributed by atoms with Crippen LogP contribution in [-0.4, -0.2) is 96.7 Å². The molecule has 0 aliphatic rings. The zero-order valence-electron chi connectivity index (χ0n) is 61.6. The highest BCUT2D eigenvalue weighted by molar-refractivity contribution is 7.47. The molecule has 6 atom stereocenters. The van der Waals surface area contributed by atoms with Gasteiger partial charge in [-0.15, -0.1) is 0 Å². The zero-order chi connectivity index (χ0) is 69.6. The van der Waals surface area contributed by atoms with Crippen molar-refractivity contribution in [3.8, 4) is 0 Å². The number of phosphoric ester groups is 2. The second-order valence-corrected chi connectivity index (χ2v) is 31.6. The number of rotatable bonds is 72. The Kier molecular flexibility index (Phi) is 63.1. The highest BCUT2D eigenvalue weighted by Gasteiger charge is 2.30. The average Bonchev–Trinajstić information content (AvgIpc) is 1.98. The van der Waals surface area contributed by atoms with E-state index < -0.39 is 97.5 Å². The van der Waals surface area contributed by atoms with Gasteiger partial charge in [0.05, 0.1) is 26.4 Å². The van der Waals surface area contributed by atoms with E-state index in [2.05, 4.69) is 55.4 Å². The number of aliphatic hydroxyl groups is 1. The van der Waals surface area contributed by atoms with Crippen molar-refractivity contribution in [1.82, 2.24) is 0 Å². The van der Waals surface area contributed by atoms with Crippen molar-refractivity contribution in [3.63, 3.8) is 0 Å². The first-order chi connectivity index (χ1) is 45.1. The number of aliphatic hydroxyl groups excluding tert-OH is 1. The SMILES string of the molecule is CCC(C)CCCCCCCCCCC(=O)O[C@H](COC(=O)CCCCCCCCCCCCCCCC(C)C)COP(=O)(O)OCC(O)COP(=O)(O)OC[C@@H](COC(=O)CCCCCCCCC(C)C)OC(=O)CCCCCCCCCCCCCCCCC(C)C. The first-order valence-corrected chi connectivity index (χ1v) is 41.7. The molecule has 558 valence electrons. The van der Waals surface area contributed by atoms with Crippen molar-refractivity contribution in [2.45, 2.75) is 395 Å². The monoisotopic (exact) mass is 1380 g/mol. The number of carbonyl (C=O) groups excluding carboxylic acids is 4. The fourth-order valence-electron chi connectivity index (χ4n) is 11.3. The van der Waals surface area contributed by atoms with Crippen molar-refractivity contribution in [3.05, 3.63) is 0 Å². The molecule has 0 aromatic rings. The molecule has 0 heterocycles. The minimum Gasteiger partial charge on any atom is -0.462 e. The quantitative estimate of drug-likeness (QED) is 0.0222. The molecule has 0 spiro atoms. The van der Waals surface area contributed by atoms with Crippen LogP contribution in [0.4, 0.5) is 0 Å². The number of esters is 4. The molecular formula is C75H146O17P2. The Bertz CT molecular complexity index is 1850. The van der Waals surface area contributed by atoms with Crippen molar-refractivity contribution in [2.75, 3.05) is 39.6 Å². The molecule has 94 heavy (non-hydrogen) atoms. The normalized spacial score (nSPS) is 14.4. The van der Waals surface area contributed by atoms with Crippen LogP contribution >= 0.6 is 15.6 Å². The maximum Gasteiger partial charge on any atom is 0.472 e. The summed E-state index contributed by atoms with van der Waals surface area (Å²) in [6.07, 6.45) is 48.7. The van der Waals surface area contributed by atoms with Gasteiger partial charge in [0, 0.05) is 25.7 Å². The van der Waals surface area contributed by atoms with Crippen molar-refractivity contribution in [1.29, 1.82) is 0 Å². The van der Waals surface area contributed by atoms with E-state index in [1.54, 1.807) is 0 Å². The lowest BCUT2D eigenvalue weighted by molar-refractivity contribution is -0.161. The van der Waals surface area contributed by atoms with Gasteiger partial charge in [0.1, 0.15) is 19.3 Å². The average molecular weight is 1380 g/mol. The Balaban J connectivity index is 5.22. The molecule has 0 amide bonds. The summed E-state index contributed by atoms with van der Waals surface area (Å²) in [4.78, 5) is 72.7. The molecule has 0 bridgehead atoms. The fraction of sp³-hybridized carbons (Fsp3) is 0.947. The molecule has 0 fully saturated rings. The molecule has 0 aliphatic heterocycles. The number of ether oxygens (including phenoxy) is 4. The summed E-state index contributed by atoms with van der Waals surface area (Å²) >= 11 is 0. The van der Waals surface area contributed by atoms with Crippen LogP contribution in [0.15, 0.2) is 0 Å². The van der Waals surface area contributed by atoms with E-state index in [1.165, 1.54) is 173 Å². The molecule has 0 saturated carbocycles. The van der Waals surface area contributed by atoms with Gasteiger partial charge in [0.15, 0.2) is 12.2 Å². The summed E-state index contributed by atoms with van der Waals surface area (Å²) in [6.45, 7) is 14.1. The standard InChI is InChI=1S/C75H146O17P2/c1-9-68(8)54-46-38-29-25-26-32-42-50-58-75(80)92-70(61-85-72(77)55-47-39-30-23-19-16-12-14-18-22-28-36-44-52-66(4)5)63-89-93(81,82)87-59-69(76)60-88-94(83,84)90-64-71(62-86-73(78)56-48-40-34-33-37-45-53-67(6)7)91-74(79)57-49-41-31-24-20-15-11-10-13-17-21-27-35-43-51-65(2)3/h65-71,76H,9-64H2,1-8H3,(H,81,82)(H,83,84)/t68?,69?,70-,71-/m1/s1. The lowest BCUT2D eigenvalue weighted by atomic mass is 9.99. The topological polar surface area (TPSA) is 237 Å². The van der Waals surface area contributed by atoms with E-state index >= 15 is 0 Å². The van der Waals surface area contributed by atoms with Crippen LogP contribution in [0.2, 0.25) is 0 Å². The van der Waals surface area contributed by atoms with E-state index in [0.29, 0.717) is 31.6 Å². The second-order valence-electron chi connectivity index (χ2n) is 28.7. The van der Waals surface area contributed by atoms with Gasteiger partial charge >= 0.3 is 39.5 Å². The van der Waals surface area contributed by atoms with Crippen LogP contribution in [0.25, 0.3) is 0 Å². The number of hydrogen-bond donors (Lipinski definition) is 3. The zero-order valence-corrected chi connectivity index (χ0v) is 63.4. The summed E-state index contributed by atoms with van der Waals surface area (Å²) < 4.78 is 68.5. The lowest BCUT2D eigenvalue weighted by Crippen LogP contribution is -2.30. The molecular weight excluding hydrogens is 1230 g/mol. The summed E-state index contributed by atoms with van der Waals surface area (Å²) in [6, 6.07) is 0. The smallest absolute Gasteiger partial charge is 0.462 e. The molecule has 4 unspecified atom stereocenters. The maximum atomic E-state index is 13.1. The Morgan fingerprint density at radius 2 is 0.511 bits per heavy atom. The molecule has 3 N–H and O–H groups in total. The summed E-state index contributed by atoms with van der Waals surface area (Å²) in [7, 11) is -9.91. The predicted molar refractivity (Wildman–Crippen MR) is 381 cm³/mol. The molecule has 0 aromatic carbocycles. The maximum absolute atomic E-state index is 13.1. The van der Waals surface area contributed by atoms with Crippen LogP contribution in [-0.2, 0) is 65.4 Å². The van der Waals surface area contributed by atoms with Gasteiger partial charge in [-0.3, -0.25) is 37.3 Å². The van der Waals surface area contributed by atoms with Crippen LogP contribution in [0.3, 0.4) is 0 Å². The fourth-order valence-corrected chi connectivity index (χ4v) is 12.9. The third kappa shape index (κ3) is 67.3. The highest BCUT2D eigenvalue weighted by Crippen LogP contribution is 2.45. The van der Waals surface area contributed by atoms with E-state index in [9.17, 15) is 43.2 Å². The number of unbranched alkanes of at least 4 members (excludes halogenated alkanes) is 37. The summed E-state index contributed by atoms with van der Waals surface area (Å²) in [5.74, 6) is 0.910. The Morgan fingerprint density at radius 1 is 0.298 bits per heavy atom. The van der Waals surface area contributed by atoms with Gasteiger partial charge in [-0.05, 0) is 49.4 Å². The summed E-state index contributed by atoms with van der Waals surface area (Å²) in [5, 5.41) is 10.6. The first-order valence-electron chi connectivity index (χ1n) is 38.7. The predicted octanol–water partition coefficient (Wildman–Crippen LogP) is 21.7. The lowest BCUT2D eigenvalue weighted by Gasteiger charge is -2.21. The van der Waals surface area contributed by atoms with Gasteiger partial charge in [-0.25, -0.2) is 9.13 Å². The largest absolute Gasteiger partial charge is 0.472 e. The minimum atomic E-state index is -4.96. The molecule has 0 aliphatic carbocycles. The third-order valence-corrected chi connectivity index (χ3v) is 19.6. The van der Waals surface area contributed by atoms with Gasteiger partial charge in [-0.2, -0.15) is 0 Å². The number of hydrogen-bond acceptors (Lipinski definition) is 15. The van der Waals surface area contributed by atoms with Crippen LogP contribution in [0.5, 0.6) is 0 Å². The number of phosphoric acid groups is 2. The van der Waals surface area contributed by atoms with Gasteiger partial charge in [-0.1, -0.05) is 325 Å². The van der Waals surface area contributed by atoms with E-state index in [1.807, 2.05) is 0 Å². The minimum absolute atomic E-state index is 0.105. The van der Waals surface area contributed by atoms with Crippen LogP contribution < -0.4 is 0 Å². The van der Waals surface area contributed by atoms with Gasteiger partial charge in [0.25, 0.3) is 0 Å². The molecule has 17 nitrogen and oxygen atoms in total. The molecule has 0 saturated heterocycles. The molecule has 19 heteroatoms. The number of carbonyl (C=O) groups is 4. The van der Waals surface area contributed by atoms with Crippen LogP contribution in [0.1, 0.15) is 376 Å². The van der Waals surface area contributed by atoms with E-state index in [0.717, 1.165) is 114 Å². The molecule has 0 aromatic heterocycles. The second kappa shape index (κ2) is 64.4. The highest BCUT2D eigenvalue weighted by atomic mass is 31.2. The Hall–Kier alpha value is -1.94. The molecule has 0 rings (SSSR count). The third-order valence-electron chi connectivity index (χ3n) is 17.7. The molecule has 0 radical (unpaired) electrons. The van der Waals surface area contributed by atoms with Crippen molar-refractivity contribution < 1.29 is 80.2 Å². The van der Waals surface area contributed by atoms with Gasteiger partial charge in [0.2, 0.25) is 0 Å². The first kappa shape index (κ1) is 92.1.